The smallest absolute Gasteiger partial charge is 0.322 e. The largest absolute Gasteiger partial charge is 0.334 e. The van der Waals surface area contributed by atoms with Gasteiger partial charge in [0.25, 0.3) is 0 Å². The molecule has 2 aromatic rings. The molecule has 1 fully saturated rings. The van der Waals surface area contributed by atoms with Gasteiger partial charge in [0.2, 0.25) is 0 Å². The van der Waals surface area contributed by atoms with Crippen LogP contribution in [0.5, 0.6) is 0 Å². The standard InChI is InChI=1S/C21H23Cl2N3O/c22-17-5-3-15(4-6-17)13-25-10-1-2-19(14-25)24-21(27)26-11-9-16-12-18(23)7-8-20(16)26/h3-8,12,19H,1-2,9-11,13-14H2,(H,24,27). The fraction of sp³-hybridized carbons (Fsp3) is 0.381. The topological polar surface area (TPSA) is 35.6 Å². The Balaban J connectivity index is 1.35. The number of carbonyl (C=O) groups excluding carboxylic acids is 1. The minimum absolute atomic E-state index is 0.00517. The first kappa shape index (κ1) is 18.6. The highest BCUT2D eigenvalue weighted by molar-refractivity contribution is 6.31. The third kappa shape index (κ3) is 4.40. The Morgan fingerprint density at radius 2 is 1.85 bits per heavy atom. The van der Waals surface area contributed by atoms with Crippen molar-refractivity contribution in [2.24, 2.45) is 0 Å². The SMILES string of the molecule is O=C(NC1CCCN(Cc2ccc(Cl)cc2)C1)N1CCc2cc(Cl)ccc21. The summed E-state index contributed by atoms with van der Waals surface area (Å²) in [6, 6.07) is 13.9. The number of hydrogen-bond acceptors (Lipinski definition) is 2. The third-order valence-electron chi connectivity index (χ3n) is 5.33. The first-order valence-electron chi connectivity index (χ1n) is 9.42. The molecule has 0 aromatic heterocycles. The number of fused-ring (bicyclic) bond motifs is 1. The number of amides is 2. The second-order valence-corrected chi connectivity index (χ2v) is 8.20. The number of halogens is 2. The Bertz CT molecular complexity index is 825. The van der Waals surface area contributed by atoms with Crippen LogP contribution in [0.25, 0.3) is 0 Å². The summed E-state index contributed by atoms with van der Waals surface area (Å²) in [4.78, 5) is 17.0. The zero-order valence-electron chi connectivity index (χ0n) is 15.1. The zero-order valence-corrected chi connectivity index (χ0v) is 16.6. The summed E-state index contributed by atoms with van der Waals surface area (Å²) in [5.41, 5.74) is 3.37. The van der Waals surface area contributed by atoms with Crippen LogP contribution in [-0.4, -0.2) is 36.6 Å². The van der Waals surface area contributed by atoms with E-state index >= 15 is 0 Å². The quantitative estimate of drug-likeness (QED) is 0.803. The lowest BCUT2D eigenvalue weighted by Gasteiger charge is -2.34. The number of piperidine rings is 1. The average molecular weight is 404 g/mol. The van der Waals surface area contributed by atoms with Gasteiger partial charge in [-0.25, -0.2) is 4.79 Å². The van der Waals surface area contributed by atoms with Crippen LogP contribution in [-0.2, 0) is 13.0 Å². The summed E-state index contributed by atoms with van der Waals surface area (Å²) < 4.78 is 0. The summed E-state index contributed by atoms with van der Waals surface area (Å²) in [7, 11) is 0. The number of nitrogens with zero attached hydrogens (tertiary/aromatic N) is 2. The molecule has 0 bridgehead atoms. The molecule has 0 saturated carbocycles. The van der Waals surface area contributed by atoms with Gasteiger partial charge in [0.1, 0.15) is 0 Å². The van der Waals surface area contributed by atoms with E-state index in [1.54, 1.807) is 0 Å². The summed E-state index contributed by atoms with van der Waals surface area (Å²) in [6.07, 6.45) is 2.96. The van der Waals surface area contributed by atoms with E-state index in [9.17, 15) is 4.79 Å². The van der Waals surface area contributed by atoms with Crippen molar-refractivity contribution in [1.82, 2.24) is 10.2 Å². The van der Waals surface area contributed by atoms with Gasteiger partial charge >= 0.3 is 6.03 Å². The van der Waals surface area contributed by atoms with Crippen molar-refractivity contribution in [2.75, 3.05) is 24.5 Å². The molecule has 142 valence electrons. The molecule has 2 aliphatic heterocycles. The van der Waals surface area contributed by atoms with Crippen molar-refractivity contribution in [3.63, 3.8) is 0 Å². The monoisotopic (exact) mass is 403 g/mol. The van der Waals surface area contributed by atoms with E-state index in [1.807, 2.05) is 35.2 Å². The number of urea groups is 1. The van der Waals surface area contributed by atoms with E-state index in [4.69, 9.17) is 23.2 Å². The Morgan fingerprint density at radius 3 is 2.67 bits per heavy atom. The van der Waals surface area contributed by atoms with Crippen LogP contribution in [0, 0.1) is 0 Å². The van der Waals surface area contributed by atoms with Crippen molar-refractivity contribution >= 4 is 34.9 Å². The average Bonchev–Trinajstić information content (AvgIpc) is 3.07. The maximum atomic E-state index is 12.8. The van der Waals surface area contributed by atoms with Crippen molar-refractivity contribution in [1.29, 1.82) is 0 Å². The van der Waals surface area contributed by atoms with Crippen molar-refractivity contribution in [3.8, 4) is 0 Å². The van der Waals surface area contributed by atoms with Crippen molar-refractivity contribution in [3.05, 3.63) is 63.6 Å². The van der Waals surface area contributed by atoms with E-state index in [1.165, 1.54) is 5.56 Å². The Labute approximate surface area is 170 Å². The van der Waals surface area contributed by atoms with Gasteiger partial charge in [-0.15, -0.1) is 0 Å². The molecule has 1 N–H and O–H groups in total. The number of likely N-dealkylation sites (tertiary alicyclic amines) is 1. The Hall–Kier alpha value is -1.75. The summed E-state index contributed by atoms with van der Waals surface area (Å²) in [6.45, 7) is 3.52. The first-order valence-corrected chi connectivity index (χ1v) is 10.2. The number of anilines is 1. The van der Waals surface area contributed by atoms with E-state index in [0.717, 1.165) is 60.2 Å². The first-order chi connectivity index (χ1) is 13.1. The molecular formula is C21H23Cl2N3O. The highest BCUT2D eigenvalue weighted by Crippen LogP contribution is 2.30. The lowest BCUT2D eigenvalue weighted by Crippen LogP contribution is -2.51. The maximum absolute atomic E-state index is 12.8. The van der Waals surface area contributed by atoms with Crippen LogP contribution >= 0.6 is 23.2 Å². The predicted molar refractivity (Wildman–Crippen MR) is 111 cm³/mol. The molecule has 1 unspecified atom stereocenters. The van der Waals surface area contributed by atoms with Crippen LogP contribution < -0.4 is 10.2 Å². The van der Waals surface area contributed by atoms with Gasteiger partial charge in [-0.1, -0.05) is 35.3 Å². The van der Waals surface area contributed by atoms with Crippen molar-refractivity contribution < 1.29 is 4.79 Å². The molecule has 0 radical (unpaired) electrons. The van der Waals surface area contributed by atoms with E-state index in [2.05, 4.69) is 22.3 Å². The van der Waals surface area contributed by atoms with Crippen LogP contribution in [0.3, 0.4) is 0 Å². The number of nitrogens with one attached hydrogen (secondary N) is 1. The molecule has 2 amide bonds. The van der Waals surface area contributed by atoms with Gasteiger partial charge in [0, 0.05) is 41.4 Å². The molecule has 0 aliphatic carbocycles. The number of carbonyl (C=O) groups is 1. The highest BCUT2D eigenvalue weighted by atomic mass is 35.5. The Morgan fingerprint density at radius 1 is 1.07 bits per heavy atom. The predicted octanol–water partition coefficient (Wildman–Crippen LogP) is 4.73. The van der Waals surface area contributed by atoms with E-state index < -0.39 is 0 Å². The molecule has 6 heteroatoms. The fourth-order valence-electron chi connectivity index (χ4n) is 4.00. The van der Waals surface area contributed by atoms with Gasteiger partial charge in [-0.3, -0.25) is 9.80 Å². The highest BCUT2D eigenvalue weighted by Gasteiger charge is 2.28. The van der Waals surface area contributed by atoms with Gasteiger partial charge in [-0.05, 0) is 67.3 Å². The maximum Gasteiger partial charge on any atom is 0.322 e. The molecule has 1 saturated heterocycles. The summed E-state index contributed by atoms with van der Waals surface area (Å²) in [5, 5.41) is 4.71. The van der Waals surface area contributed by atoms with Gasteiger partial charge < -0.3 is 5.32 Å². The molecule has 2 aromatic carbocycles. The lowest BCUT2D eigenvalue weighted by molar-refractivity contribution is 0.182. The zero-order chi connectivity index (χ0) is 18.8. The van der Waals surface area contributed by atoms with Crippen LogP contribution in [0.1, 0.15) is 24.0 Å². The van der Waals surface area contributed by atoms with E-state index in [-0.39, 0.29) is 12.1 Å². The van der Waals surface area contributed by atoms with E-state index in [0.29, 0.717) is 6.54 Å². The van der Waals surface area contributed by atoms with Gasteiger partial charge in [-0.2, -0.15) is 0 Å². The normalized spacial score (nSPS) is 19.8. The molecule has 2 heterocycles. The minimum Gasteiger partial charge on any atom is -0.334 e. The molecule has 4 nitrogen and oxygen atoms in total. The lowest BCUT2D eigenvalue weighted by atomic mass is 10.0. The number of hydrogen-bond donors (Lipinski definition) is 1. The molecule has 2 aliphatic rings. The van der Waals surface area contributed by atoms with Crippen LogP contribution in [0.4, 0.5) is 10.5 Å². The second kappa shape index (κ2) is 8.09. The number of benzene rings is 2. The van der Waals surface area contributed by atoms with Crippen LogP contribution in [0.2, 0.25) is 10.0 Å². The van der Waals surface area contributed by atoms with Crippen LogP contribution in [0.15, 0.2) is 42.5 Å². The van der Waals surface area contributed by atoms with Gasteiger partial charge in [0.05, 0.1) is 0 Å². The summed E-state index contributed by atoms with van der Waals surface area (Å²) in [5.74, 6) is 0. The molecule has 27 heavy (non-hydrogen) atoms. The fourth-order valence-corrected chi connectivity index (χ4v) is 4.32. The number of rotatable bonds is 3. The van der Waals surface area contributed by atoms with Gasteiger partial charge in [0.15, 0.2) is 0 Å². The van der Waals surface area contributed by atoms with Crippen molar-refractivity contribution in [2.45, 2.75) is 31.8 Å². The summed E-state index contributed by atoms with van der Waals surface area (Å²) >= 11 is 12.0. The second-order valence-electron chi connectivity index (χ2n) is 7.32. The molecule has 1 atom stereocenters. The molecular weight excluding hydrogens is 381 g/mol. The Kier molecular flexibility index (Phi) is 5.58. The molecule has 4 rings (SSSR count). The molecule has 0 spiro atoms. The minimum atomic E-state index is -0.00517. The third-order valence-corrected chi connectivity index (χ3v) is 5.82.